The Morgan fingerprint density at radius 2 is 1.94 bits per heavy atom. The summed E-state index contributed by atoms with van der Waals surface area (Å²) in [4.78, 5) is 21.9. The zero-order valence-corrected chi connectivity index (χ0v) is 9.39. The number of nitrogens with zero attached hydrogens (tertiary/aromatic N) is 1. The van der Waals surface area contributed by atoms with Crippen molar-refractivity contribution in [1.29, 1.82) is 0 Å². The summed E-state index contributed by atoms with van der Waals surface area (Å²) in [6.07, 6.45) is 0. The molecule has 0 aliphatic carbocycles. The minimum absolute atomic E-state index is 0.0546. The molecule has 7 nitrogen and oxygen atoms in total. The lowest BCUT2D eigenvalue weighted by Gasteiger charge is -2.13. The Balaban J connectivity index is 2.79. The molecular formula is C10H13N3O4. The van der Waals surface area contributed by atoms with E-state index in [0.29, 0.717) is 0 Å². The average Bonchev–Trinajstić information content (AvgIpc) is 2.19. The summed E-state index contributed by atoms with van der Waals surface area (Å²) in [5.74, 6) is -1.46. The number of carboxylic acids is 1. The molecule has 1 aromatic rings. The summed E-state index contributed by atoms with van der Waals surface area (Å²) in [5, 5.41) is 22.0. The fourth-order valence-corrected chi connectivity index (χ4v) is 1.12. The number of carboxylic acid groups (broad SMARTS) is 1. The predicted octanol–water partition coefficient (Wildman–Crippen LogP) is 0.688. The predicted molar refractivity (Wildman–Crippen MR) is 60.9 cm³/mol. The van der Waals surface area contributed by atoms with Crippen LogP contribution in [0.4, 0.5) is 10.5 Å². The number of amides is 2. The first-order chi connectivity index (χ1) is 7.90. The van der Waals surface area contributed by atoms with Crippen LogP contribution >= 0.6 is 0 Å². The van der Waals surface area contributed by atoms with E-state index < -0.39 is 12.0 Å². The number of anilines is 1. The quantitative estimate of drug-likeness (QED) is 0.459. The van der Waals surface area contributed by atoms with Gasteiger partial charge in [0.1, 0.15) is 5.75 Å². The number of nitrogens with one attached hydrogen (secondary N) is 2. The zero-order valence-electron chi connectivity index (χ0n) is 9.39. The number of rotatable bonds is 3. The van der Waals surface area contributed by atoms with E-state index in [1.165, 1.54) is 17.1 Å². The van der Waals surface area contributed by atoms with E-state index in [1.807, 2.05) is 0 Å². The number of hydrogen-bond acceptors (Lipinski definition) is 4. The fraction of sp³-hybridized carbons (Fsp3) is 0.200. The van der Waals surface area contributed by atoms with Crippen LogP contribution in [0.1, 0.15) is 10.4 Å². The molecule has 7 heteroatoms. The number of phenols is 1. The van der Waals surface area contributed by atoms with E-state index in [9.17, 15) is 14.7 Å². The van der Waals surface area contributed by atoms with Crippen LogP contribution in [0.25, 0.3) is 0 Å². The van der Waals surface area contributed by atoms with Crippen LogP contribution in [0.5, 0.6) is 5.75 Å². The Morgan fingerprint density at radius 3 is 2.41 bits per heavy atom. The molecule has 0 heterocycles. The van der Waals surface area contributed by atoms with E-state index in [1.54, 1.807) is 14.1 Å². The molecule has 17 heavy (non-hydrogen) atoms. The second kappa shape index (κ2) is 5.17. The Bertz CT molecular complexity index is 445. The van der Waals surface area contributed by atoms with Gasteiger partial charge in [0.2, 0.25) is 0 Å². The van der Waals surface area contributed by atoms with Gasteiger partial charge in [0, 0.05) is 14.1 Å². The third-order valence-electron chi connectivity index (χ3n) is 1.82. The van der Waals surface area contributed by atoms with E-state index in [0.717, 1.165) is 6.07 Å². The van der Waals surface area contributed by atoms with Crippen molar-refractivity contribution in [2.75, 3.05) is 19.4 Å². The molecule has 92 valence electrons. The largest absolute Gasteiger partial charge is 0.506 e. The monoisotopic (exact) mass is 239 g/mol. The summed E-state index contributed by atoms with van der Waals surface area (Å²) < 4.78 is 0. The number of urea groups is 1. The van der Waals surface area contributed by atoms with Crippen molar-refractivity contribution in [3.8, 4) is 5.75 Å². The Labute approximate surface area is 97.6 Å². The number of hydrogen-bond donors (Lipinski definition) is 4. The van der Waals surface area contributed by atoms with Crippen molar-refractivity contribution in [1.82, 2.24) is 10.4 Å². The normalized spacial score (nSPS) is 10.1. The lowest BCUT2D eigenvalue weighted by Crippen LogP contribution is -2.39. The van der Waals surface area contributed by atoms with Crippen molar-refractivity contribution in [2.45, 2.75) is 0 Å². The number of aromatic carboxylic acids is 1. The van der Waals surface area contributed by atoms with Crippen molar-refractivity contribution in [3.63, 3.8) is 0 Å². The molecule has 0 atom stereocenters. The summed E-state index contributed by atoms with van der Waals surface area (Å²) in [6.45, 7) is 0. The molecular weight excluding hydrogens is 226 g/mol. The number of carbonyl (C=O) groups excluding carboxylic acids is 1. The van der Waals surface area contributed by atoms with Gasteiger partial charge in [-0.05, 0) is 18.2 Å². The molecule has 0 aliphatic rings. The van der Waals surface area contributed by atoms with Gasteiger partial charge < -0.3 is 15.5 Å². The molecule has 0 saturated heterocycles. The van der Waals surface area contributed by atoms with Crippen LogP contribution in [-0.2, 0) is 0 Å². The second-order valence-electron chi connectivity index (χ2n) is 3.50. The molecule has 0 unspecified atom stereocenters. The lowest BCUT2D eigenvalue weighted by atomic mass is 10.2. The van der Waals surface area contributed by atoms with Crippen molar-refractivity contribution in [2.24, 2.45) is 0 Å². The first-order valence-electron chi connectivity index (χ1n) is 4.71. The van der Waals surface area contributed by atoms with Crippen molar-refractivity contribution in [3.05, 3.63) is 23.8 Å². The number of carbonyl (C=O) groups is 2. The van der Waals surface area contributed by atoms with Crippen LogP contribution in [-0.4, -0.2) is 41.3 Å². The van der Waals surface area contributed by atoms with Crippen molar-refractivity contribution < 1.29 is 19.8 Å². The van der Waals surface area contributed by atoms with Crippen LogP contribution < -0.4 is 10.7 Å². The molecule has 0 fully saturated rings. The minimum Gasteiger partial charge on any atom is -0.506 e. The van der Waals surface area contributed by atoms with Crippen molar-refractivity contribution >= 4 is 17.7 Å². The zero-order chi connectivity index (χ0) is 13.0. The fourth-order valence-electron chi connectivity index (χ4n) is 1.12. The summed E-state index contributed by atoms with van der Waals surface area (Å²) in [6, 6.07) is 3.13. The first-order valence-corrected chi connectivity index (χ1v) is 4.71. The lowest BCUT2D eigenvalue weighted by molar-refractivity contribution is 0.0696. The van der Waals surface area contributed by atoms with Crippen LogP contribution in [0.2, 0.25) is 0 Å². The van der Waals surface area contributed by atoms with Gasteiger partial charge in [-0.3, -0.25) is 5.43 Å². The van der Waals surface area contributed by atoms with Gasteiger partial charge in [0.05, 0.1) is 11.3 Å². The molecule has 1 rings (SSSR count). The van der Waals surface area contributed by atoms with E-state index >= 15 is 0 Å². The van der Waals surface area contributed by atoms with E-state index in [2.05, 4.69) is 10.7 Å². The van der Waals surface area contributed by atoms with Gasteiger partial charge in [-0.15, -0.1) is 0 Å². The Morgan fingerprint density at radius 1 is 1.29 bits per heavy atom. The first kappa shape index (κ1) is 12.8. The maximum atomic E-state index is 11.3. The molecule has 2 amide bonds. The molecule has 0 aliphatic heterocycles. The highest BCUT2D eigenvalue weighted by molar-refractivity contribution is 5.93. The Hall–Kier alpha value is -2.28. The van der Waals surface area contributed by atoms with Gasteiger partial charge >= 0.3 is 12.0 Å². The Kier molecular flexibility index (Phi) is 3.89. The summed E-state index contributed by atoms with van der Waals surface area (Å²) >= 11 is 0. The van der Waals surface area contributed by atoms with Gasteiger partial charge in [-0.1, -0.05) is 0 Å². The van der Waals surface area contributed by atoms with Crippen LogP contribution in [0.3, 0.4) is 0 Å². The number of phenolic OH excluding ortho intramolecular Hbond substituents is 1. The average molecular weight is 239 g/mol. The van der Waals surface area contributed by atoms with E-state index in [-0.39, 0.29) is 17.0 Å². The summed E-state index contributed by atoms with van der Waals surface area (Å²) in [7, 11) is 3.26. The number of benzene rings is 1. The highest BCUT2D eigenvalue weighted by atomic mass is 16.4. The highest BCUT2D eigenvalue weighted by Gasteiger charge is 2.10. The van der Waals surface area contributed by atoms with Gasteiger partial charge in [-0.25, -0.2) is 14.6 Å². The SMILES string of the molecule is CN(C)NC(=O)Nc1ccc(C(=O)O)cc1O. The molecule has 0 spiro atoms. The van der Waals surface area contributed by atoms with Crippen LogP contribution in [0.15, 0.2) is 18.2 Å². The smallest absolute Gasteiger partial charge is 0.335 e. The molecule has 0 saturated carbocycles. The third-order valence-corrected chi connectivity index (χ3v) is 1.82. The van der Waals surface area contributed by atoms with Gasteiger partial charge in [0.25, 0.3) is 0 Å². The van der Waals surface area contributed by atoms with Gasteiger partial charge in [0.15, 0.2) is 0 Å². The van der Waals surface area contributed by atoms with Crippen LogP contribution in [0, 0.1) is 0 Å². The van der Waals surface area contributed by atoms with E-state index in [4.69, 9.17) is 5.11 Å². The molecule has 1 aromatic carbocycles. The molecule has 0 bridgehead atoms. The molecule has 0 aromatic heterocycles. The van der Waals surface area contributed by atoms with Gasteiger partial charge in [-0.2, -0.15) is 0 Å². The maximum absolute atomic E-state index is 11.3. The molecule has 4 N–H and O–H groups in total. The second-order valence-corrected chi connectivity index (χ2v) is 3.50. The molecule has 0 radical (unpaired) electrons. The number of aromatic hydroxyl groups is 1. The topological polar surface area (TPSA) is 102 Å². The maximum Gasteiger partial charge on any atom is 0.335 e. The minimum atomic E-state index is -1.15. The highest BCUT2D eigenvalue weighted by Crippen LogP contribution is 2.24. The summed E-state index contributed by atoms with van der Waals surface area (Å²) in [5.41, 5.74) is 2.49. The number of hydrazine groups is 1. The standard InChI is InChI=1S/C10H13N3O4/c1-13(2)12-10(17)11-7-4-3-6(9(15)16)5-8(7)14/h3-5,14H,1-2H3,(H,15,16)(H2,11,12,17). The third kappa shape index (κ3) is 3.65.